The maximum Gasteiger partial charge on any atom is 0.262 e. The number of aromatic nitrogens is 3. The number of piperidine rings is 1. The summed E-state index contributed by atoms with van der Waals surface area (Å²) in [4.78, 5) is 12.6. The van der Waals surface area contributed by atoms with E-state index in [1.165, 1.54) is 30.6 Å². The van der Waals surface area contributed by atoms with Crippen LogP contribution in [0.4, 0.5) is 23.5 Å². The number of nitrogens with zero attached hydrogens (tertiary/aromatic N) is 3. The molecule has 0 aliphatic carbocycles. The van der Waals surface area contributed by atoms with Crippen molar-refractivity contribution >= 4 is 17.2 Å². The van der Waals surface area contributed by atoms with Gasteiger partial charge >= 0.3 is 0 Å². The lowest BCUT2D eigenvalue weighted by atomic mass is 9.99. The van der Waals surface area contributed by atoms with Crippen LogP contribution in [0.3, 0.4) is 0 Å². The number of halogens is 4. The summed E-state index contributed by atoms with van der Waals surface area (Å²) in [7, 11) is 0. The zero-order valence-corrected chi connectivity index (χ0v) is 22.0. The summed E-state index contributed by atoms with van der Waals surface area (Å²) < 4.78 is 88.8. The van der Waals surface area contributed by atoms with Gasteiger partial charge in [0.1, 0.15) is 0 Å². The zero-order valence-electron chi connectivity index (χ0n) is 21.2. The fourth-order valence-electron chi connectivity index (χ4n) is 4.47. The first-order chi connectivity index (χ1) is 19.7. The first kappa shape index (κ1) is 28.5. The highest BCUT2D eigenvalue weighted by atomic mass is 32.2. The van der Waals surface area contributed by atoms with E-state index in [0.29, 0.717) is 23.4 Å². The molecule has 0 bridgehead atoms. The van der Waals surface area contributed by atoms with Crippen LogP contribution >= 0.6 is 0 Å². The van der Waals surface area contributed by atoms with E-state index in [0.717, 1.165) is 0 Å². The third kappa shape index (κ3) is 6.85. The molecule has 0 radical (unpaired) electrons. The minimum absolute atomic E-state index is 0.0959. The van der Waals surface area contributed by atoms with Crippen molar-refractivity contribution in [1.29, 1.82) is 0 Å². The number of nitrogens with one attached hydrogen (secondary N) is 3. The number of hydrogen-bond acceptors (Lipinski definition) is 8. The normalized spacial score (nSPS) is 17.9. The predicted octanol–water partition coefficient (Wildman–Crippen LogP) is 4.49. The molecule has 1 unspecified atom stereocenters. The quantitative estimate of drug-likeness (QED) is 0.193. The summed E-state index contributed by atoms with van der Waals surface area (Å²) in [5.41, 5.74) is 0.752. The van der Waals surface area contributed by atoms with Crippen LogP contribution in [0.2, 0.25) is 0 Å². The van der Waals surface area contributed by atoms with Crippen LogP contribution in [0.25, 0.3) is 11.3 Å². The Hall–Kier alpha value is -3.98. The molecule has 0 spiro atoms. The van der Waals surface area contributed by atoms with E-state index in [1.807, 2.05) is 0 Å². The van der Waals surface area contributed by atoms with E-state index in [9.17, 15) is 17.5 Å². The number of rotatable bonds is 9. The Balaban J connectivity index is 1.41. The molecule has 0 saturated carbocycles. The Morgan fingerprint density at radius 1 is 1.02 bits per heavy atom. The smallest absolute Gasteiger partial charge is 0.262 e. The van der Waals surface area contributed by atoms with E-state index in [-0.39, 0.29) is 23.8 Å². The van der Waals surface area contributed by atoms with Crippen molar-refractivity contribution in [2.24, 2.45) is 0 Å². The van der Waals surface area contributed by atoms with Gasteiger partial charge in [0, 0.05) is 48.2 Å². The van der Waals surface area contributed by atoms with Crippen LogP contribution in [0, 0.1) is 11.6 Å². The average molecular weight is 588 g/mol. The van der Waals surface area contributed by atoms with Crippen LogP contribution in [-0.2, 0) is 11.3 Å². The number of ether oxygens (including phenoxy) is 1. The van der Waals surface area contributed by atoms with Crippen LogP contribution < -0.4 is 20.1 Å². The van der Waals surface area contributed by atoms with E-state index in [2.05, 4.69) is 30.3 Å². The molecule has 1 aliphatic heterocycles. The van der Waals surface area contributed by atoms with Crippen LogP contribution in [0.1, 0.15) is 23.6 Å². The molecular weight excluding hydrogens is 564 g/mol. The molecule has 1 saturated heterocycles. The first-order valence-electron chi connectivity index (χ1n) is 12.4. The van der Waals surface area contributed by atoms with Crippen molar-refractivity contribution in [3.8, 4) is 22.9 Å². The molecule has 0 amide bonds. The summed E-state index contributed by atoms with van der Waals surface area (Å²) in [6.45, 7) is -0.0984. The van der Waals surface area contributed by atoms with Gasteiger partial charge in [-0.3, -0.25) is 4.21 Å². The van der Waals surface area contributed by atoms with Crippen molar-refractivity contribution in [3.63, 3.8) is 0 Å². The average Bonchev–Trinajstić information content (AvgIpc) is 2.95. The van der Waals surface area contributed by atoms with Crippen LogP contribution in [0.15, 0.2) is 73.1 Å². The monoisotopic (exact) mass is 587 g/mol. The number of alkyl halides is 2. The van der Waals surface area contributed by atoms with Crippen molar-refractivity contribution in [2.75, 3.05) is 18.4 Å². The van der Waals surface area contributed by atoms with Gasteiger partial charge in [0.05, 0.1) is 23.8 Å². The molecule has 3 N–H and O–H groups in total. The minimum atomic E-state index is -2.87. The zero-order chi connectivity index (χ0) is 29.0. The molecule has 2 aromatic carbocycles. The Bertz CT molecular complexity index is 1550. The van der Waals surface area contributed by atoms with Crippen molar-refractivity contribution in [1.82, 2.24) is 25.0 Å². The van der Waals surface area contributed by atoms with Crippen molar-refractivity contribution in [2.45, 2.75) is 24.4 Å². The Morgan fingerprint density at radius 2 is 1.83 bits per heavy atom. The molecule has 1 aliphatic rings. The van der Waals surface area contributed by atoms with Gasteiger partial charge in [-0.2, -0.15) is 4.39 Å². The highest BCUT2D eigenvalue weighted by Gasteiger charge is 2.36. The molecule has 1 fully saturated rings. The SMILES string of the molecule is O=S([O-])N[C@@H](c1ccccc1)c1ccc(Oc2ncccc2-c2ccnc(N[C@@H]3CNCC(F)(F)C3)n2)c(F)c1F. The highest BCUT2D eigenvalue weighted by molar-refractivity contribution is 7.77. The summed E-state index contributed by atoms with van der Waals surface area (Å²) in [6, 6.07) is 13.4. The summed E-state index contributed by atoms with van der Waals surface area (Å²) in [6.07, 6.45) is 2.42. The second-order valence-electron chi connectivity index (χ2n) is 9.23. The van der Waals surface area contributed by atoms with E-state index < -0.39 is 53.2 Å². The van der Waals surface area contributed by atoms with E-state index >= 15 is 8.78 Å². The maximum absolute atomic E-state index is 15.3. The third-order valence-electron chi connectivity index (χ3n) is 6.30. The second-order valence-corrected chi connectivity index (χ2v) is 9.94. The van der Waals surface area contributed by atoms with Crippen molar-refractivity contribution in [3.05, 3.63) is 95.8 Å². The van der Waals surface area contributed by atoms with Gasteiger partial charge in [0.15, 0.2) is 11.6 Å². The maximum atomic E-state index is 15.3. The molecule has 14 heteroatoms. The minimum Gasteiger partial charge on any atom is -0.760 e. The highest BCUT2D eigenvalue weighted by Crippen LogP contribution is 2.35. The van der Waals surface area contributed by atoms with Gasteiger partial charge in [0.25, 0.3) is 5.92 Å². The fraction of sp³-hybridized carbons (Fsp3) is 0.222. The molecule has 5 rings (SSSR count). The Morgan fingerprint density at radius 3 is 2.59 bits per heavy atom. The van der Waals surface area contributed by atoms with Gasteiger partial charge < -0.3 is 19.9 Å². The largest absolute Gasteiger partial charge is 0.760 e. The van der Waals surface area contributed by atoms with Gasteiger partial charge in [-0.1, -0.05) is 36.4 Å². The molecule has 2 aromatic heterocycles. The molecule has 3 heterocycles. The number of pyridine rings is 1. The summed E-state index contributed by atoms with van der Waals surface area (Å²) in [5.74, 6) is -6.03. The second kappa shape index (κ2) is 12.3. The van der Waals surface area contributed by atoms with Gasteiger partial charge in [0.2, 0.25) is 17.6 Å². The van der Waals surface area contributed by atoms with E-state index in [1.54, 1.807) is 42.5 Å². The first-order valence-corrected chi connectivity index (χ1v) is 13.5. The number of hydrogen-bond donors (Lipinski definition) is 3. The summed E-state index contributed by atoms with van der Waals surface area (Å²) in [5, 5.41) is 5.56. The number of benzene rings is 2. The Labute approximate surface area is 234 Å². The van der Waals surface area contributed by atoms with Gasteiger partial charge in [-0.25, -0.2) is 32.8 Å². The molecular formula is C27H23F4N6O3S-. The van der Waals surface area contributed by atoms with Crippen molar-refractivity contribution < 1.29 is 31.1 Å². The number of anilines is 1. The van der Waals surface area contributed by atoms with Gasteiger partial charge in [-0.05, 0) is 29.8 Å². The lowest BCUT2D eigenvalue weighted by Gasteiger charge is -2.30. The topological polar surface area (TPSA) is 124 Å². The fourth-order valence-corrected chi connectivity index (χ4v) is 4.92. The van der Waals surface area contributed by atoms with Crippen LogP contribution in [0.5, 0.6) is 11.6 Å². The van der Waals surface area contributed by atoms with E-state index in [4.69, 9.17) is 4.74 Å². The predicted molar refractivity (Wildman–Crippen MR) is 142 cm³/mol. The molecule has 4 aromatic rings. The lowest BCUT2D eigenvalue weighted by Crippen LogP contribution is -2.49. The van der Waals surface area contributed by atoms with Gasteiger partial charge in [-0.15, -0.1) is 0 Å². The molecule has 9 nitrogen and oxygen atoms in total. The standard InChI is InChI=1S/C27H24F4N6O3S/c28-22-19(24(37-41(38)39)16-5-2-1-3-6-16)8-9-21(23(22)29)40-25-18(7-4-11-33-25)20-10-12-34-26(36-20)35-17-13-27(30,31)15-32-14-17/h1-12,17,24,32,37H,13-15H2,(H,38,39)(H,34,35,36)/p-1/t17-,24-/m0/s1. The van der Waals surface area contributed by atoms with Crippen LogP contribution in [-0.4, -0.2) is 48.8 Å². The molecule has 3 atom stereocenters. The Kier molecular flexibility index (Phi) is 8.54. The third-order valence-corrected chi connectivity index (χ3v) is 6.72. The lowest BCUT2D eigenvalue weighted by molar-refractivity contribution is -0.0244. The molecule has 214 valence electrons. The molecule has 41 heavy (non-hydrogen) atoms. The summed E-state index contributed by atoms with van der Waals surface area (Å²) >= 11 is -2.77.